The van der Waals surface area contributed by atoms with E-state index >= 15 is 0 Å². The summed E-state index contributed by atoms with van der Waals surface area (Å²) in [6.07, 6.45) is 2.64. The Balaban J connectivity index is 2.49. The summed E-state index contributed by atoms with van der Waals surface area (Å²) in [5, 5.41) is 3.00. The fourth-order valence-electron chi connectivity index (χ4n) is 2.00. The van der Waals surface area contributed by atoms with Crippen LogP contribution >= 0.6 is 0 Å². The van der Waals surface area contributed by atoms with Gasteiger partial charge in [0.15, 0.2) is 0 Å². The number of amides is 1. The maximum absolute atomic E-state index is 11.9. The minimum atomic E-state index is 0.0859. The first-order valence-electron chi connectivity index (χ1n) is 6.74. The van der Waals surface area contributed by atoms with Gasteiger partial charge in [-0.3, -0.25) is 4.79 Å². The normalized spacial score (nSPS) is 10.7. The van der Waals surface area contributed by atoms with E-state index in [0.717, 1.165) is 30.5 Å². The van der Waals surface area contributed by atoms with E-state index < -0.39 is 0 Å². The molecule has 3 nitrogen and oxygen atoms in total. The largest absolute Gasteiger partial charge is 0.356 e. The van der Waals surface area contributed by atoms with Gasteiger partial charge < -0.3 is 11.1 Å². The molecule has 1 aromatic carbocycles. The summed E-state index contributed by atoms with van der Waals surface area (Å²) in [7, 11) is 0. The predicted octanol–water partition coefficient (Wildman–Crippen LogP) is 2.24. The molecule has 3 heteroatoms. The predicted molar refractivity (Wildman–Crippen MR) is 75.1 cm³/mol. The van der Waals surface area contributed by atoms with Gasteiger partial charge in [-0.25, -0.2) is 0 Å². The van der Waals surface area contributed by atoms with Gasteiger partial charge in [0.25, 0.3) is 0 Å². The summed E-state index contributed by atoms with van der Waals surface area (Å²) in [5.74, 6) is 0.668. The molecular weight excluding hydrogens is 224 g/mol. The van der Waals surface area contributed by atoms with Gasteiger partial charge in [0, 0.05) is 13.1 Å². The minimum absolute atomic E-state index is 0.0859. The van der Waals surface area contributed by atoms with Crippen molar-refractivity contribution in [1.29, 1.82) is 0 Å². The van der Waals surface area contributed by atoms with Gasteiger partial charge >= 0.3 is 0 Å². The van der Waals surface area contributed by atoms with E-state index in [1.54, 1.807) is 0 Å². The van der Waals surface area contributed by atoms with Gasteiger partial charge in [-0.05, 0) is 17.0 Å². The van der Waals surface area contributed by atoms with Crippen molar-refractivity contribution in [3.63, 3.8) is 0 Å². The summed E-state index contributed by atoms with van der Waals surface area (Å²) in [4.78, 5) is 11.9. The molecule has 3 N–H and O–H groups in total. The quantitative estimate of drug-likeness (QED) is 0.777. The summed E-state index contributed by atoms with van der Waals surface area (Å²) in [6, 6.07) is 7.85. The molecule has 0 saturated carbocycles. The highest BCUT2D eigenvalue weighted by molar-refractivity contribution is 5.78. The molecule has 0 heterocycles. The standard InChI is InChI=1S/C15H24N2O/c1-3-12(4-2)11-17-15(18)9-13-7-5-6-8-14(13)10-16/h5-8,12H,3-4,9-11,16H2,1-2H3,(H,17,18). The molecule has 0 bridgehead atoms. The molecule has 0 aromatic heterocycles. The first kappa shape index (κ1) is 14.7. The van der Waals surface area contributed by atoms with Crippen molar-refractivity contribution in [1.82, 2.24) is 5.32 Å². The molecule has 0 atom stereocenters. The van der Waals surface area contributed by atoms with E-state index in [4.69, 9.17) is 5.73 Å². The molecule has 1 rings (SSSR count). The van der Waals surface area contributed by atoms with Gasteiger partial charge in [-0.2, -0.15) is 0 Å². The number of hydrogen-bond acceptors (Lipinski definition) is 2. The molecule has 0 aliphatic carbocycles. The molecule has 0 aliphatic rings. The van der Waals surface area contributed by atoms with E-state index in [0.29, 0.717) is 18.9 Å². The highest BCUT2D eigenvalue weighted by atomic mass is 16.1. The molecular formula is C15H24N2O. The van der Waals surface area contributed by atoms with Crippen LogP contribution < -0.4 is 11.1 Å². The number of carbonyl (C=O) groups excluding carboxylic acids is 1. The fraction of sp³-hybridized carbons (Fsp3) is 0.533. The van der Waals surface area contributed by atoms with Gasteiger partial charge in [0.2, 0.25) is 5.91 Å². The second kappa shape index (κ2) is 7.88. The Morgan fingerprint density at radius 3 is 2.39 bits per heavy atom. The van der Waals surface area contributed by atoms with Gasteiger partial charge in [-0.1, -0.05) is 51.0 Å². The Morgan fingerprint density at radius 1 is 1.22 bits per heavy atom. The number of hydrogen-bond donors (Lipinski definition) is 2. The van der Waals surface area contributed by atoms with Crippen LogP contribution in [0, 0.1) is 5.92 Å². The highest BCUT2D eigenvalue weighted by Crippen LogP contribution is 2.09. The van der Waals surface area contributed by atoms with Crippen LogP contribution in [0.5, 0.6) is 0 Å². The van der Waals surface area contributed by atoms with Crippen molar-refractivity contribution in [2.45, 2.75) is 39.7 Å². The van der Waals surface area contributed by atoms with E-state index in [1.807, 2.05) is 24.3 Å². The lowest BCUT2D eigenvalue weighted by Gasteiger charge is -2.14. The third-order valence-corrected chi connectivity index (χ3v) is 3.43. The Kier molecular flexibility index (Phi) is 6.44. The molecule has 18 heavy (non-hydrogen) atoms. The van der Waals surface area contributed by atoms with Crippen LogP contribution in [0.15, 0.2) is 24.3 Å². The molecule has 0 saturated heterocycles. The maximum atomic E-state index is 11.9. The number of rotatable bonds is 7. The zero-order valence-corrected chi connectivity index (χ0v) is 11.4. The average Bonchev–Trinajstić information content (AvgIpc) is 2.40. The zero-order valence-electron chi connectivity index (χ0n) is 11.4. The van der Waals surface area contributed by atoms with Crippen molar-refractivity contribution < 1.29 is 4.79 Å². The first-order chi connectivity index (χ1) is 8.71. The second-order valence-corrected chi connectivity index (χ2v) is 4.64. The molecule has 100 valence electrons. The van der Waals surface area contributed by atoms with Crippen LogP contribution in [0.4, 0.5) is 0 Å². The van der Waals surface area contributed by atoms with Gasteiger partial charge in [0.05, 0.1) is 6.42 Å². The van der Waals surface area contributed by atoms with Crippen molar-refractivity contribution in [2.75, 3.05) is 6.54 Å². The SMILES string of the molecule is CCC(CC)CNC(=O)Cc1ccccc1CN. The topological polar surface area (TPSA) is 55.1 Å². The van der Waals surface area contributed by atoms with Crippen molar-refractivity contribution in [3.05, 3.63) is 35.4 Å². The van der Waals surface area contributed by atoms with Crippen LogP contribution in [-0.2, 0) is 17.8 Å². The third-order valence-electron chi connectivity index (χ3n) is 3.43. The number of carbonyl (C=O) groups is 1. The lowest BCUT2D eigenvalue weighted by Crippen LogP contribution is -2.30. The summed E-state index contributed by atoms with van der Waals surface area (Å²) >= 11 is 0. The Morgan fingerprint density at radius 2 is 1.83 bits per heavy atom. The number of benzene rings is 1. The summed E-state index contributed by atoms with van der Waals surface area (Å²) in [6.45, 7) is 5.57. The second-order valence-electron chi connectivity index (χ2n) is 4.64. The minimum Gasteiger partial charge on any atom is -0.356 e. The summed E-state index contributed by atoms with van der Waals surface area (Å²) in [5.41, 5.74) is 7.74. The molecule has 0 aliphatic heterocycles. The molecule has 1 amide bonds. The molecule has 0 unspecified atom stereocenters. The molecule has 0 radical (unpaired) electrons. The van der Waals surface area contributed by atoms with Gasteiger partial charge in [-0.15, -0.1) is 0 Å². The molecule has 1 aromatic rings. The first-order valence-corrected chi connectivity index (χ1v) is 6.74. The highest BCUT2D eigenvalue weighted by Gasteiger charge is 2.09. The number of nitrogens with two attached hydrogens (primary N) is 1. The maximum Gasteiger partial charge on any atom is 0.224 e. The Bertz CT molecular complexity index is 373. The third kappa shape index (κ3) is 4.49. The lowest BCUT2D eigenvalue weighted by atomic mass is 10.0. The summed E-state index contributed by atoms with van der Waals surface area (Å²) < 4.78 is 0. The smallest absolute Gasteiger partial charge is 0.224 e. The average molecular weight is 248 g/mol. The van der Waals surface area contributed by atoms with E-state index in [2.05, 4.69) is 19.2 Å². The zero-order chi connectivity index (χ0) is 13.4. The number of nitrogens with one attached hydrogen (secondary N) is 1. The van der Waals surface area contributed by atoms with Crippen LogP contribution in [-0.4, -0.2) is 12.5 Å². The lowest BCUT2D eigenvalue weighted by molar-refractivity contribution is -0.120. The van der Waals surface area contributed by atoms with E-state index in [-0.39, 0.29) is 5.91 Å². The van der Waals surface area contributed by atoms with Gasteiger partial charge in [0.1, 0.15) is 0 Å². The monoisotopic (exact) mass is 248 g/mol. The van der Waals surface area contributed by atoms with Crippen LogP contribution in [0.2, 0.25) is 0 Å². The molecule has 0 spiro atoms. The van der Waals surface area contributed by atoms with Crippen molar-refractivity contribution in [3.8, 4) is 0 Å². The van der Waals surface area contributed by atoms with E-state index in [9.17, 15) is 4.79 Å². The van der Waals surface area contributed by atoms with E-state index in [1.165, 1.54) is 0 Å². The molecule has 0 fully saturated rings. The van der Waals surface area contributed by atoms with Crippen LogP contribution in [0.1, 0.15) is 37.8 Å². The fourth-order valence-corrected chi connectivity index (χ4v) is 2.00. The Hall–Kier alpha value is -1.35. The van der Waals surface area contributed by atoms with Crippen LogP contribution in [0.3, 0.4) is 0 Å². The Labute approximate surface area is 110 Å². The van der Waals surface area contributed by atoms with Crippen molar-refractivity contribution >= 4 is 5.91 Å². The van der Waals surface area contributed by atoms with Crippen molar-refractivity contribution in [2.24, 2.45) is 11.7 Å². The van der Waals surface area contributed by atoms with Crippen LogP contribution in [0.25, 0.3) is 0 Å².